The van der Waals surface area contributed by atoms with Gasteiger partial charge in [-0.1, -0.05) is 86.0 Å². The Bertz CT molecular complexity index is 653. The molecule has 4 atom stereocenters. The molecule has 7 heteroatoms. The second kappa shape index (κ2) is 22.1. The number of carbonyl (C=O) groups excluding carboxylic acids is 4. The van der Waals surface area contributed by atoms with Crippen molar-refractivity contribution in [3.8, 4) is 0 Å². The highest BCUT2D eigenvalue weighted by Gasteiger charge is 2.20. The maximum Gasteiger partial charge on any atom is 0.222 e. The average molecular weight is 524 g/mol. The predicted octanol–water partition coefficient (Wildman–Crippen LogP) is 5.84. The second-order valence-electron chi connectivity index (χ2n) is 11.2. The SMILES string of the molecule is CCCCC(C)CC(=O)NCCCC(CC(C)=O)NC(=O)CC(CCCC)NC(=O)CC(C)CCCC. The van der Waals surface area contributed by atoms with Crippen LogP contribution in [0.2, 0.25) is 0 Å². The maximum atomic E-state index is 12.9. The zero-order chi connectivity index (χ0) is 28.1. The normalized spacial score (nSPS) is 14.3. The molecule has 0 aromatic rings. The molecule has 0 saturated heterocycles. The largest absolute Gasteiger partial charge is 0.356 e. The minimum atomic E-state index is -0.262. The van der Waals surface area contributed by atoms with Crippen molar-refractivity contribution >= 4 is 23.5 Å². The molecule has 0 aliphatic heterocycles. The third kappa shape index (κ3) is 20.8. The third-order valence-electron chi connectivity index (χ3n) is 6.82. The van der Waals surface area contributed by atoms with Gasteiger partial charge in [0.05, 0.1) is 0 Å². The summed E-state index contributed by atoms with van der Waals surface area (Å²) in [5.74, 6) is 0.675. The number of Topliss-reactive ketones (excluding diaryl/α,β-unsaturated/α-hetero) is 1. The summed E-state index contributed by atoms with van der Waals surface area (Å²) >= 11 is 0. The molecular formula is C30H57N3O4. The molecule has 0 aromatic carbocycles. The highest BCUT2D eigenvalue weighted by atomic mass is 16.2. The van der Waals surface area contributed by atoms with E-state index in [1.54, 1.807) is 0 Å². The lowest BCUT2D eigenvalue weighted by atomic mass is 9.99. The Morgan fingerprint density at radius 2 is 1.00 bits per heavy atom. The highest BCUT2D eigenvalue weighted by molar-refractivity contribution is 5.81. The summed E-state index contributed by atoms with van der Waals surface area (Å²) in [5, 5.41) is 9.07. The molecule has 0 saturated carbocycles. The fourth-order valence-electron chi connectivity index (χ4n) is 4.64. The third-order valence-corrected chi connectivity index (χ3v) is 6.82. The van der Waals surface area contributed by atoms with Gasteiger partial charge in [-0.05, 0) is 38.0 Å². The van der Waals surface area contributed by atoms with Crippen molar-refractivity contribution in [1.29, 1.82) is 0 Å². The summed E-state index contributed by atoms with van der Waals surface area (Å²) in [5.41, 5.74) is 0. The van der Waals surface area contributed by atoms with Crippen molar-refractivity contribution in [2.45, 2.75) is 150 Å². The average Bonchev–Trinajstić information content (AvgIpc) is 2.81. The van der Waals surface area contributed by atoms with E-state index >= 15 is 0 Å². The zero-order valence-corrected chi connectivity index (χ0v) is 24.8. The fraction of sp³-hybridized carbons (Fsp3) is 0.867. The smallest absolute Gasteiger partial charge is 0.222 e. The summed E-state index contributed by atoms with van der Waals surface area (Å²) in [6.45, 7) is 12.7. The summed E-state index contributed by atoms with van der Waals surface area (Å²) in [4.78, 5) is 49.4. The van der Waals surface area contributed by atoms with Gasteiger partial charge in [0, 0.05) is 44.3 Å². The van der Waals surface area contributed by atoms with E-state index in [4.69, 9.17) is 0 Å². The number of ketones is 1. The Morgan fingerprint density at radius 3 is 1.51 bits per heavy atom. The lowest BCUT2D eigenvalue weighted by molar-refractivity contribution is -0.125. The van der Waals surface area contributed by atoms with Crippen molar-refractivity contribution in [3.63, 3.8) is 0 Å². The molecular weight excluding hydrogens is 466 g/mol. The van der Waals surface area contributed by atoms with Crippen LogP contribution in [-0.4, -0.2) is 42.1 Å². The first kappa shape index (κ1) is 35.1. The quantitative estimate of drug-likeness (QED) is 0.146. The van der Waals surface area contributed by atoms with E-state index in [-0.39, 0.29) is 48.4 Å². The lowest BCUT2D eigenvalue weighted by Crippen LogP contribution is -2.43. The van der Waals surface area contributed by atoms with Crippen LogP contribution in [0.3, 0.4) is 0 Å². The number of unbranched alkanes of at least 4 members (excludes halogenated alkanes) is 3. The number of nitrogens with one attached hydrogen (secondary N) is 3. The van der Waals surface area contributed by atoms with E-state index in [2.05, 4.69) is 50.6 Å². The molecule has 0 fully saturated rings. The van der Waals surface area contributed by atoms with Crippen LogP contribution < -0.4 is 16.0 Å². The van der Waals surface area contributed by atoms with Gasteiger partial charge in [-0.3, -0.25) is 19.2 Å². The minimum absolute atomic E-state index is 0.0116. The molecule has 0 bridgehead atoms. The van der Waals surface area contributed by atoms with Gasteiger partial charge in [0.2, 0.25) is 17.7 Å². The molecule has 0 aliphatic rings. The van der Waals surface area contributed by atoms with Crippen LogP contribution in [0.5, 0.6) is 0 Å². The molecule has 0 rings (SSSR count). The van der Waals surface area contributed by atoms with Gasteiger partial charge in [-0.25, -0.2) is 0 Å². The molecule has 0 aromatic heterocycles. The molecule has 0 aliphatic carbocycles. The van der Waals surface area contributed by atoms with E-state index in [0.29, 0.717) is 44.1 Å². The summed E-state index contributed by atoms with van der Waals surface area (Å²) in [6.07, 6.45) is 12.2. The Hall–Kier alpha value is -1.92. The van der Waals surface area contributed by atoms with E-state index in [9.17, 15) is 19.2 Å². The molecule has 0 radical (unpaired) electrons. The first-order valence-corrected chi connectivity index (χ1v) is 15.0. The van der Waals surface area contributed by atoms with Crippen molar-refractivity contribution in [3.05, 3.63) is 0 Å². The number of rotatable bonds is 23. The van der Waals surface area contributed by atoms with Crippen LogP contribution in [0.1, 0.15) is 138 Å². The van der Waals surface area contributed by atoms with Gasteiger partial charge in [-0.2, -0.15) is 0 Å². The van der Waals surface area contributed by atoms with Crippen LogP contribution >= 0.6 is 0 Å². The molecule has 37 heavy (non-hydrogen) atoms. The number of hydrogen-bond donors (Lipinski definition) is 3. The minimum Gasteiger partial charge on any atom is -0.356 e. The summed E-state index contributed by atoms with van der Waals surface area (Å²) in [7, 11) is 0. The van der Waals surface area contributed by atoms with Gasteiger partial charge in [0.25, 0.3) is 0 Å². The predicted molar refractivity (Wildman–Crippen MR) is 152 cm³/mol. The molecule has 3 amide bonds. The topological polar surface area (TPSA) is 104 Å². The molecule has 7 nitrogen and oxygen atoms in total. The standard InChI is InChI=1S/C30H57N3O4/c1-7-10-14-23(4)19-28(35)31-18-13-17-26(21-25(6)34)32-30(37)22-27(16-12-9-3)33-29(36)20-24(5)15-11-8-2/h23-24,26-27H,7-22H2,1-6H3,(H,31,35)(H,32,37)(H,33,36). The van der Waals surface area contributed by atoms with Crippen LogP contribution in [0, 0.1) is 11.8 Å². The van der Waals surface area contributed by atoms with Gasteiger partial charge < -0.3 is 16.0 Å². The van der Waals surface area contributed by atoms with Gasteiger partial charge in [-0.15, -0.1) is 0 Å². The highest BCUT2D eigenvalue weighted by Crippen LogP contribution is 2.14. The first-order chi connectivity index (χ1) is 17.6. The summed E-state index contributed by atoms with van der Waals surface area (Å²) < 4.78 is 0. The first-order valence-electron chi connectivity index (χ1n) is 15.0. The Morgan fingerprint density at radius 1 is 0.568 bits per heavy atom. The van der Waals surface area contributed by atoms with E-state index in [1.807, 2.05) is 0 Å². The van der Waals surface area contributed by atoms with Crippen molar-refractivity contribution in [2.24, 2.45) is 11.8 Å². The maximum absolute atomic E-state index is 12.9. The van der Waals surface area contributed by atoms with Crippen molar-refractivity contribution < 1.29 is 19.2 Å². The zero-order valence-electron chi connectivity index (χ0n) is 24.8. The van der Waals surface area contributed by atoms with Crippen molar-refractivity contribution in [2.75, 3.05) is 6.54 Å². The summed E-state index contributed by atoms with van der Waals surface area (Å²) in [6, 6.07) is -0.459. The van der Waals surface area contributed by atoms with E-state index < -0.39 is 0 Å². The molecule has 3 N–H and O–H groups in total. The molecule has 4 unspecified atom stereocenters. The van der Waals surface area contributed by atoms with Crippen LogP contribution in [-0.2, 0) is 19.2 Å². The van der Waals surface area contributed by atoms with Crippen molar-refractivity contribution in [1.82, 2.24) is 16.0 Å². The Kier molecular flexibility index (Phi) is 21.0. The molecule has 216 valence electrons. The Balaban J connectivity index is 4.69. The monoisotopic (exact) mass is 523 g/mol. The molecule has 0 heterocycles. The van der Waals surface area contributed by atoms with Gasteiger partial charge in [0.15, 0.2) is 0 Å². The van der Waals surface area contributed by atoms with Crippen LogP contribution in [0.25, 0.3) is 0 Å². The molecule has 0 spiro atoms. The van der Waals surface area contributed by atoms with Crippen LogP contribution in [0.4, 0.5) is 0 Å². The Labute approximate surface area is 227 Å². The number of amides is 3. The van der Waals surface area contributed by atoms with E-state index in [1.165, 1.54) is 6.92 Å². The second-order valence-corrected chi connectivity index (χ2v) is 11.2. The lowest BCUT2D eigenvalue weighted by Gasteiger charge is -2.22. The van der Waals surface area contributed by atoms with Gasteiger partial charge in [0.1, 0.15) is 5.78 Å². The van der Waals surface area contributed by atoms with Crippen LogP contribution in [0.15, 0.2) is 0 Å². The van der Waals surface area contributed by atoms with Gasteiger partial charge >= 0.3 is 0 Å². The number of hydrogen-bond acceptors (Lipinski definition) is 4. The number of carbonyl (C=O) groups is 4. The van der Waals surface area contributed by atoms with E-state index in [0.717, 1.165) is 57.8 Å². The fourth-order valence-corrected chi connectivity index (χ4v) is 4.64.